The number of ether oxygens (including phenoxy) is 9. The normalized spacial score (nSPS) is 16.2. The standard InChI is InChI=1S/C42H50O9/c1-27-11-31-19-46-23-35-15-29(3)17-37-25-48-21-33-13-28(2)14-34(40(33)44-6)22-49-26-38-18-30(4)16-36(24-47-20-32(12-27)39(31)43-5)42(38)51-10-8-45-7-9-50-41(35)37/h11-18H,7-10,19-26H2,1-6H3. The second kappa shape index (κ2) is 17.4. The van der Waals surface area contributed by atoms with Crippen molar-refractivity contribution in [1.29, 1.82) is 0 Å². The summed E-state index contributed by atoms with van der Waals surface area (Å²) in [5, 5.41) is 0. The van der Waals surface area contributed by atoms with E-state index in [4.69, 9.17) is 42.6 Å². The van der Waals surface area contributed by atoms with Gasteiger partial charge in [0.05, 0.1) is 80.3 Å². The van der Waals surface area contributed by atoms with Crippen molar-refractivity contribution in [2.45, 2.75) is 80.6 Å². The summed E-state index contributed by atoms with van der Waals surface area (Å²) in [6.07, 6.45) is 0. The second-order valence-electron chi connectivity index (χ2n) is 13.3. The van der Waals surface area contributed by atoms with Gasteiger partial charge < -0.3 is 42.6 Å². The number of hydrogen-bond acceptors (Lipinski definition) is 9. The van der Waals surface area contributed by atoms with Crippen LogP contribution in [-0.2, 0) is 76.5 Å². The maximum absolute atomic E-state index is 6.46. The molecule has 0 spiro atoms. The summed E-state index contributed by atoms with van der Waals surface area (Å²) in [4.78, 5) is 0. The van der Waals surface area contributed by atoms with E-state index in [-0.39, 0.29) is 0 Å². The third-order valence-electron chi connectivity index (χ3n) is 8.97. The summed E-state index contributed by atoms with van der Waals surface area (Å²) >= 11 is 0. The van der Waals surface area contributed by atoms with Crippen LogP contribution in [0.3, 0.4) is 0 Å². The zero-order chi connectivity index (χ0) is 35.7. The van der Waals surface area contributed by atoms with Gasteiger partial charge in [0.15, 0.2) is 0 Å². The molecule has 6 bridgehead atoms. The zero-order valence-corrected chi connectivity index (χ0v) is 30.8. The maximum atomic E-state index is 6.46. The number of benzene rings is 4. The Morgan fingerprint density at radius 2 is 0.608 bits per heavy atom. The molecule has 0 radical (unpaired) electrons. The second-order valence-corrected chi connectivity index (χ2v) is 13.3. The summed E-state index contributed by atoms with van der Waals surface area (Å²) in [7, 11) is 3.38. The van der Waals surface area contributed by atoms with Crippen LogP contribution in [0.15, 0.2) is 48.5 Å². The van der Waals surface area contributed by atoms with Gasteiger partial charge in [-0.05, 0) is 27.7 Å². The highest BCUT2D eigenvalue weighted by Crippen LogP contribution is 2.34. The molecule has 4 aromatic carbocycles. The molecule has 0 saturated carbocycles. The van der Waals surface area contributed by atoms with Crippen molar-refractivity contribution in [3.8, 4) is 23.0 Å². The van der Waals surface area contributed by atoms with Gasteiger partial charge in [0.2, 0.25) is 0 Å². The molecule has 51 heavy (non-hydrogen) atoms. The van der Waals surface area contributed by atoms with Crippen LogP contribution < -0.4 is 18.9 Å². The SMILES string of the molecule is COc1c2cc(C)cc1COCc1cc(C)cc3c1OCCOCCOc1c(cc(C)cc1COCc1cc(C)cc(c1OC)COC3)COC2. The molecule has 0 fully saturated rings. The summed E-state index contributed by atoms with van der Waals surface area (Å²) in [6, 6.07) is 16.8. The zero-order valence-electron chi connectivity index (χ0n) is 30.8. The third kappa shape index (κ3) is 9.22. The van der Waals surface area contributed by atoms with Gasteiger partial charge in [-0.3, -0.25) is 0 Å². The Morgan fingerprint density at radius 1 is 0.353 bits per heavy atom. The van der Waals surface area contributed by atoms with Crippen molar-refractivity contribution in [3.05, 3.63) is 115 Å². The van der Waals surface area contributed by atoms with Crippen LogP contribution in [0.2, 0.25) is 0 Å². The van der Waals surface area contributed by atoms with E-state index in [0.29, 0.717) is 79.3 Å². The molecule has 2 heterocycles. The molecule has 272 valence electrons. The van der Waals surface area contributed by atoms with Crippen molar-refractivity contribution >= 4 is 0 Å². The summed E-state index contributed by atoms with van der Waals surface area (Å²) in [5.41, 5.74) is 12.0. The maximum Gasteiger partial charge on any atom is 0.130 e. The summed E-state index contributed by atoms with van der Waals surface area (Å²) < 4.78 is 56.4. The number of fused-ring (bicyclic) bond motifs is 10. The smallest absolute Gasteiger partial charge is 0.130 e. The van der Waals surface area contributed by atoms with E-state index in [0.717, 1.165) is 89.8 Å². The van der Waals surface area contributed by atoms with Gasteiger partial charge in [0.1, 0.15) is 36.2 Å². The molecule has 0 N–H and O–H groups in total. The minimum atomic E-state index is 0.342. The summed E-state index contributed by atoms with van der Waals surface area (Å²) in [5.74, 6) is 3.02. The number of rotatable bonds is 2. The van der Waals surface area contributed by atoms with E-state index in [1.807, 2.05) is 0 Å². The van der Waals surface area contributed by atoms with Crippen LogP contribution in [0.4, 0.5) is 0 Å². The van der Waals surface area contributed by atoms with Crippen LogP contribution in [0, 0.1) is 27.7 Å². The molecule has 0 aliphatic carbocycles. The lowest BCUT2D eigenvalue weighted by atomic mass is 10.0. The van der Waals surface area contributed by atoms with Gasteiger partial charge in [-0.15, -0.1) is 0 Å². The minimum Gasteiger partial charge on any atom is -0.496 e. The average Bonchev–Trinajstić information content (AvgIpc) is 3.08. The third-order valence-corrected chi connectivity index (χ3v) is 8.97. The van der Waals surface area contributed by atoms with Crippen LogP contribution in [0.1, 0.15) is 66.8 Å². The first-order valence-electron chi connectivity index (χ1n) is 17.5. The van der Waals surface area contributed by atoms with Crippen LogP contribution in [0.5, 0.6) is 23.0 Å². The lowest BCUT2D eigenvalue weighted by Crippen LogP contribution is -2.15. The largest absolute Gasteiger partial charge is 0.496 e. The topological polar surface area (TPSA) is 83.1 Å². The molecule has 6 rings (SSSR count). The van der Waals surface area contributed by atoms with Crippen LogP contribution >= 0.6 is 0 Å². The first-order chi connectivity index (χ1) is 24.8. The molecule has 0 unspecified atom stereocenters. The number of methoxy groups -OCH3 is 2. The highest BCUT2D eigenvalue weighted by atomic mass is 16.5. The number of hydrogen-bond donors (Lipinski definition) is 0. The number of aryl methyl sites for hydroxylation is 4. The molecule has 0 amide bonds. The van der Waals surface area contributed by atoms with Crippen molar-refractivity contribution < 1.29 is 42.6 Å². The van der Waals surface area contributed by atoms with Crippen molar-refractivity contribution in [3.63, 3.8) is 0 Å². The molecule has 0 aromatic heterocycles. The Kier molecular flexibility index (Phi) is 12.5. The van der Waals surface area contributed by atoms with E-state index in [1.54, 1.807) is 14.2 Å². The van der Waals surface area contributed by atoms with E-state index in [1.165, 1.54) is 0 Å². The Balaban J connectivity index is 1.43. The fourth-order valence-electron chi connectivity index (χ4n) is 7.06. The van der Waals surface area contributed by atoms with E-state index in [2.05, 4.69) is 76.2 Å². The fraction of sp³-hybridized carbons (Fsp3) is 0.429. The van der Waals surface area contributed by atoms with Crippen molar-refractivity contribution in [2.75, 3.05) is 40.6 Å². The van der Waals surface area contributed by atoms with Gasteiger partial charge >= 0.3 is 0 Å². The molecule has 2 aliphatic rings. The van der Waals surface area contributed by atoms with E-state index in [9.17, 15) is 0 Å². The Bertz CT molecular complexity index is 1580. The summed E-state index contributed by atoms with van der Waals surface area (Å²) in [6.45, 7) is 12.6. The molecule has 9 nitrogen and oxygen atoms in total. The van der Waals surface area contributed by atoms with Gasteiger partial charge in [-0.25, -0.2) is 0 Å². The molecule has 4 aromatic rings. The van der Waals surface area contributed by atoms with E-state index < -0.39 is 0 Å². The Labute approximate surface area is 301 Å². The lowest BCUT2D eigenvalue weighted by molar-refractivity contribution is 0.0657. The molecule has 9 heteroatoms. The first kappa shape index (κ1) is 36.7. The highest BCUT2D eigenvalue weighted by Gasteiger charge is 2.19. The highest BCUT2D eigenvalue weighted by molar-refractivity contribution is 5.48. The minimum absolute atomic E-state index is 0.342. The monoisotopic (exact) mass is 698 g/mol. The lowest BCUT2D eigenvalue weighted by Gasteiger charge is -2.21. The van der Waals surface area contributed by atoms with Crippen molar-refractivity contribution in [2.24, 2.45) is 0 Å². The van der Waals surface area contributed by atoms with Gasteiger partial charge in [-0.2, -0.15) is 0 Å². The first-order valence-corrected chi connectivity index (χ1v) is 17.5. The predicted molar refractivity (Wildman–Crippen MR) is 194 cm³/mol. The Morgan fingerprint density at radius 3 is 0.882 bits per heavy atom. The average molecular weight is 699 g/mol. The van der Waals surface area contributed by atoms with Gasteiger partial charge in [0, 0.05) is 44.5 Å². The molecule has 0 atom stereocenters. The molecular formula is C42H50O9. The van der Waals surface area contributed by atoms with Crippen molar-refractivity contribution in [1.82, 2.24) is 0 Å². The van der Waals surface area contributed by atoms with Crippen LogP contribution in [0.25, 0.3) is 0 Å². The molecule has 2 aliphatic heterocycles. The predicted octanol–water partition coefficient (Wildman–Crippen LogP) is 7.91. The van der Waals surface area contributed by atoms with Gasteiger partial charge in [-0.1, -0.05) is 70.8 Å². The Hall–Kier alpha value is -4.12. The van der Waals surface area contributed by atoms with Crippen LogP contribution in [-0.4, -0.2) is 40.6 Å². The quantitative estimate of drug-likeness (QED) is 0.194. The fourth-order valence-corrected chi connectivity index (χ4v) is 7.06. The molecular weight excluding hydrogens is 648 g/mol. The van der Waals surface area contributed by atoms with Gasteiger partial charge in [0.25, 0.3) is 0 Å². The molecule has 0 saturated heterocycles. The van der Waals surface area contributed by atoms with E-state index >= 15 is 0 Å².